The van der Waals surface area contributed by atoms with Crippen molar-refractivity contribution in [2.45, 2.75) is 23.5 Å². The van der Waals surface area contributed by atoms with Crippen LogP contribution < -0.4 is 15.4 Å². The van der Waals surface area contributed by atoms with Gasteiger partial charge in [-0.25, -0.2) is 0 Å². The molecule has 0 spiro atoms. The molecular formula is C23H20N2O3S. The molecule has 0 bridgehead atoms. The van der Waals surface area contributed by atoms with Gasteiger partial charge in [0, 0.05) is 17.0 Å². The standard InChI is InChI=1S/C23H20N2O3S/c1-15-5-4-6-18(13-15)28-17-11-9-16(10-12-17)24-22(26)14-21-23(27)25-19-7-2-3-8-20(19)29-21/h2-13,21H,14H2,1H3,(H,24,26)(H,25,27)/t21-/m0/s1. The van der Waals surface area contributed by atoms with Gasteiger partial charge in [0.15, 0.2) is 0 Å². The summed E-state index contributed by atoms with van der Waals surface area (Å²) in [7, 11) is 0. The maximum atomic E-state index is 12.4. The second-order valence-electron chi connectivity index (χ2n) is 6.79. The zero-order valence-corrected chi connectivity index (χ0v) is 16.7. The van der Waals surface area contributed by atoms with Crippen molar-refractivity contribution in [2.24, 2.45) is 0 Å². The van der Waals surface area contributed by atoms with E-state index in [0.717, 1.165) is 21.9 Å². The second-order valence-corrected chi connectivity index (χ2v) is 8.03. The number of benzene rings is 3. The van der Waals surface area contributed by atoms with Crippen molar-refractivity contribution >= 4 is 35.0 Å². The summed E-state index contributed by atoms with van der Waals surface area (Å²) in [6.07, 6.45) is 0.104. The topological polar surface area (TPSA) is 67.4 Å². The fraction of sp³-hybridized carbons (Fsp3) is 0.130. The van der Waals surface area contributed by atoms with Crippen LogP contribution in [0.25, 0.3) is 0 Å². The van der Waals surface area contributed by atoms with Gasteiger partial charge in [-0.05, 0) is 61.0 Å². The normalized spacial score (nSPS) is 15.2. The lowest BCUT2D eigenvalue weighted by Gasteiger charge is -2.23. The molecule has 5 nitrogen and oxygen atoms in total. The number of carbonyl (C=O) groups excluding carboxylic acids is 2. The summed E-state index contributed by atoms with van der Waals surface area (Å²) < 4.78 is 5.82. The van der Waals surface area contributed by atoms with Gasteiger partial charge in [0.1, 0.15) is 11.5 Å². The molecule has 3 aromatic carbocycles. The van der Waals surface area contributed by atoms with Crippen LogP contribution in [0.15, 0.2) is 77.7 Å². The molecule has 1 aliphatic heterocycles. The summed E-state index contributed by atoms with van der Waals surface area (Å²) in [5.41, 5.74) is 2.58. The number of amides is 2. The lowest BCUT2D eigenvalue weighted by molar-refractivity contribution is -0.120. The average Bonchev–Trinajstić information content (AvgIpc) is 2.70. The van der Waals surface area contributed by atoms with Gasteiger partial charge in [-0.2, -0.15) is 0 Å². The van der Waals surface area contributed by atoms with Crippen molar-refractivity contribution in [2.75, 3.05) is 10.6 Å². The van der Waals surface area contributed by atoms with Gasteiger partial charge in [0.05, 0.1) is 10.9 Å². The highest BCUT2D eigenvalue weighted by Crippen LogP contribution is 2.36. The molecule has 146 valence electrons. The van der Waals surface area contributed by atoms with Crippen LogP contribution in [-0.2, 0) is 9.59 Å². The first-order chi connectivity index (χ1) is 14.1. The lowest BCUT2D eigenvalue weighted by atomic mass is 10.2. The van der Waals surface area contributed by atoms with Gasteiger partial charge >= 0.3 is 0 Å². The first-order valence-electron chi connectivity index (χ1n) is 9.28. The third-order valence-corrected chi connectivity index (χ3v) is 5.72. The molecule has 2 amide bonds. The summed E-state index contributed by atoms with van der Waals surface area (Å²) >= 11 is 1.42. The Morgan fingerprint density at radius 3 is 2.62 bits per heavy atom. The SMILES string of the molecule is Cc1cccc(Oc2ccc(NC(=O)C[C@@H]3Sc4ccccc4NC3=O)cc2)c1. The molecule has 2 N–H and O–H groups in total. The van der Waals surface area contributed by atoms with E-state index in [1.54, 1.807) is 24.3 Å². The Kier molecular flexibility index (Phi) is 5.53. The maximum Gasteiger partial charge on any atom is 0.238 e. The fourth-order valence-electron chi connectivity index (χ4n) is 3.03. The van der Waals surface area contributed by atoms with Crippen LogP contribution in [0.4, 0.5) is 11.4 Å². The van der Waals surface area contributed by atoms with Crippen molar-refractivity contribution in [3.8, 4) is 11.5 Å². The molecule has 0 fully saturated rings. The zero-order valence-electron chi connectivity index (χ0n) is 15.8. The summed E-state index contributed by atoms with van der Waals surface area (Å²) in [4.78, 5) is 25.6. The molecule has 29 heavy (non-hydrogen) atoms. The minimum absolute atomic E-state index is 0.104. The first kappa shape index (κ1) is 19.1. The highest BCUT2D eigenvalue weighted by Gasteiger charge is 2.28. The molecule has 0 aliphatic carbocycles. The Bertz CT molecular complexity index is 1050. The van der Waals surface area contributed by atoms with Crippen molar-refractivity contribution in [1.29, 1.82) is 0 Å². The third kappa shape index (κ3) is 4.78. The molecule has 1 atom stereocenters. The molecule has 0 unspecified atom stereocenters. The van der Waals surface area contributed by atoms with E-state index in [0.29, 0.717) is 11.4 Å². The van der Waals surface area contributed by atoms with E-state index < -0.39 is 5.25 Å². The van der Waals surface area contributed by atoms with Gasteiger partial charge in [-0.15, -0.1) is 11.8 Å². The van der Waals surface area contributed by atoms with Gasteiger partial charge in [0.2, 0.25) is 11.8 Å². The molecule has 6 heteroatoms. The summed E-state index contributed by atoms with van der Waals surface area (Å²) in [6.45, 7) is 2.01. The number of rotatable bonds is 5. The number of ether oxygens (including phenoxy) is 1. The number of para-hydroxylation sites is 1. The van der Waals surface area contributed by atoms with E-state index in [9.17, 15) is 9.59 Å². The van der Waals surface area contributed by atoms with Crippen LogP contribution in [-0.4, -0.2) is 17.1 Å². The molecule has 4 rings (SSSR count). The first-order valence-corrected chi connectivity index (χ1v) is 10.2. The van der Waals surface area contributed by atoms with E-state index in [1.165, 1.54) is 11.8 Å². The fourth-order valence-corrected chi connectivity index (χ4v) is 4.14. The summed E-state index contributed by atoms with van der Waals surface area (Å²) in [6, 6.07) is 22.6. The van der Waals surface area contributed by atoms with Crippen molar-refractivity contribution in [3.05, 3.63) is 78.4 Å². The van der Waals surface area contributed by atoms with E-state index in [-0.39, 0.29) is 18.2 Å². The van der Waals surface area contributed by atoms with Gasteiger partial charge in [-0.3, -0.25) is 9.59 Å². The third-order valence-electron chi connectivity index (χ3n) is 4.44. The second kappa shape index (κ2) is 8.41. The molecular weight excluding hydrogens is 384 g/mol. The predicted molar refractivity (Wildman–Crippen MR) is 116 cm³/mol. The van der Waals surface area contributed by atoms with E-state index >= 15 is 0 Å². The highest BCUT2D eigenvalue weighted by molar-refractivity contribution is 8.01. The number of nitrogens with one attached hydrogen (secondary N) is 2. The Balaban J connectivity index is 1.34. The van der Waals surface area contributed by atoms with Crippen LogP contribution >= 0.6 is 11.8 Å². The molecule has 0 saturated heterocycles. The molecule has 0 radical (unpaired) electrons. The van der Waals surface area contributed by atoms with Crippen LogP contribution in [0, 0.1) is 6.92 Å². The summed E-state index contributed by atoms with van der Waals surface area (Å²) in [5.74, 6) is 1.10. The Labute approximate surface area is 173 Å². The van der Waals surface area contributed by atoms with Gasteiger partial charge < -0.3 is 15.4 Å². The number of aryl methyl sites for hydroxylation is 1. The van der Waals surface area contributed by atoms with Crippen molar-refractivity contribution < 1.29 is 14.3 Å². The highest BCUT2D eigenvalue weighted by atomic mass is 32.2. The van der Waals surface area contributed by atoms with Gasteiger partial charge in [0.25, 0.3) is 0 Å². The molecule has 1 heterocycles. The molecule has 3 aromatic rings. The van der Waals surface area contributed by atoms with Crippen molar-refractivity contribution in [1.82, 2.24) is 0 Å². The maximum absolute atomic E-state index is 12.4. The number of hydrogen-bond acceptors (Lipinski definition) is 4. The number of anilines is 2. The van der Waals surface area contributed by atoms with Crippen LogP contribution in [0.1, 0.15) is 12.0 Å². The Hall–Kier alpha value is -3.25. The minimum atomic E-state index is -0.450. The Morgan fingerprint density at radius 2 is 1.83 bits per heavy atom. The largest absolute Gasteiger partial charge is 0.457 e. The van der Waals surface area contributed by atoms with E-state index in [4.69, 9.17) is 4.74 Å². The van der Waals surface area contributed by atoms with Crippen molar-refractivity contribution in [3.63, 3.8) is 0 Å². The van der Waals surface area contributed by atoms with Crippen LogP contribution in [0.5, 0.6) is 11.5 Å². The van der Waals surface area contributed by atoms with E-state index in [1.807, 2.05) is 55.5 Å². The molecule has 0 aromatic heterocycles. The predicted octanol–water partition coefficient (Wildman–Crippen LogP) is 5.23. The number of thioether (sulfide) groups is 1. The zero-order chi connectivity index (χ0) is 20.2. The number of carbonyl (C=O) groups is 2. The average molecular weight is 404 g/mol. The minimum Gasteiger partial charge on any atom is -0.457 e. The van der Waals surface area contributed by atoms with Gasteiger partial charge in [-0.1, -0.05) is 24.3 Å². The van der Waals surface area contributed by atoms with E-state index in [2.05, 4.69) is 10.6 Å². The quantitative estimate of drug-likeness (QED) is 0.611. The molecule has 1 aliphatic rings. The monoisotopic (exact) mass is 404 g/mol. The lowest BCUT2D eigenvalue weighted by Crippen LogP contribution is -2.32. The van der Waals surface area contributed by atoms with Crippen LogP contribution in [0.2, 0.25) is 0 Å². The molecule has 0 saturated carbocycles. The summed E-state index contributed by atoms with van der Waals surface area (Å²) in [5, 5.41) is 5.25. The number of hydrogen-bond donors (Lipinski definition) is 2. The van der Waals surface area contributed by atoms with Crippen LogP contribution in [0.3, 0.4) is 0 Å². The number of fused-ring (bicyclic) bond motifs is 1. The Morgan fingerprint density at radius 1 is 1.03 bits per heavy atom. The smallest absolute Gasteiger partial charge is 0.238 e.